The second-order valence-corrected chi connectivity index (χ2v) is 6.75. The third-order valence-electron chi connectivity index (χ3n) is 5.06. The largest absolute Gasteiger partial charge is 0.504 e. The van der Waals surface area contributed by atoms with E-state index in [0.29, 0.717) is 41.0 Å². The Balaban J connectivity index is 1.75. The van der Waals surface area contributed by atoms with E-state index in [0.717, 1.165) is 11.1 Å². The topological polar surface area (TPSA) is 75.6 Å². The van der Waals surface area contributed by atoms with Crippen LogP contribution in [0.15, 0.2) is 54.6 Å². The molecule has 4 rings (SSSR count). The summed E-state index contributed by atoms with van der Waals surface area (Å²) in [4.78, 5) is 25.1. The Morgan fingerprint density at radius 3 is 2.52 bits per heavy atom. The number of para-hydroxylation sites is 1. The first kappa shape index (κ1) is 18.7. The van der Waals surface area contributed by atoms with E-state index in [2.05, 4.69) is 5.32 Å². The Morgan fingerprint density at radius 2 is 1.79 bits per heavy atom. The van der Waals surface area contributed by atoms with E-state index in [1.54, 1.807) is 30.3 Å². The molecule has 0 heterocycles. The van der Waals surface area contributed by atoms with Gasteiger partial charge in [-0.2, -0.15) is 0 Å². The summed E-state index contributed by atoms with van der Waals surface area (Å²) in [6.07, 6.45) is 0.844. The molecule has 146 valence electrons. The molecule has 0 bridgehead atoms. The Hall–Kier alpha value is -3.67. The molecule has 0 aliphatic heterocycles. The molecule has 0 spiro atoms. The molecule has 0 saturated heterocycles. The summed E-state index contributed by atoms with van der Waals surface area (Å²) in [5.41, 5.74) is 3.20. The van der Waals surface area contributed by atoms with E-state index in [9.17, 15) is 19.1 Å². The molecule has 1 aliphatic rings. The molecule has 0 aromatic heterocycles. The number of halogens is 1. The number of nitrogens with one attached hydrogen (secondary N) is 1. The third-order valence-corrected chi connectivity index (χ3v) is 5.06. The smallest absolute Gasteiger partial charge is 0.255 e. The summed E-state index contributed by atoms with van der Waals surface area (Å²) < 4.78 is 18.3. The number of ketones is 1. The fraction of sp³-hybridized carbons (Fsp3) is 0.130. The predicted molar refractivity (Wildman–Crippen MR) is 107 cm³/mol. The van der Waals surface area contributed by atoms with Crippen LogP contribution < -0.4 is 10.1 Å². The molecular weight excluding hydrogens is 373 g/mol. The normalized spacial score (nSPS) is 12.6. The van der Waals surface area contributed by atoms with Crippen LogP contribution in [0.3, 0.4) is 0 Å². The molecule has 1 amide bonds. The SMILES string of the molecule is COc1cccc(-c2ccc(NC(=O)c3ccc(F)cc3)c3c2CCC3=O)c1O. The monoisotopic (exact) mass is 391 g/mol. The number of carbonyl (C=O) groups is 2. The molecule has 0 fully saturated rings. The summed E-state index contributed by atoms with van der Waals surface area (Å²) >= 11 is 0. The number of hydrogen-bond acceptors (Lipinski definition) is 4. The number of phenolic OH excluding ortho intramolecular Hbond substituents is 1. The third kappa shape index (κ3) is 3.33. The highest BCUT2D eigenvalue weighted by Crippen LogP contribution is 2.43. The molecular formula is C23H18FNO4. The van der Waals surface area contributed by atoms with Gasteiger partial charge in [0.2, 0.25) is 0 Å². The summed E-state index contributed by atoms with van der Waals surface area (Å²) in [5.74, 6) is -0.587. The van der Waals surface area contributed by atoms with Crippen molar-refractivity contribution in [2.24, 2.45) is 0 Å². The molecule has 1 aliphatic carbocycles. The minimum atomic E-state index is -0.430. The number of carbonyl (C=O) groups excluding carboxylic acids is 2. The fourth-order valence-electron chi connectivity index (χ4n) is 3.65. The number of fused-ring (bicyclic) bond motifs is 1. The van der Waals surface area contributed by atoms with Crippen LogP contribution in [0.4, 0.5) is 10.1 Å². The number of benzene rings is 3. The Bertz CT molecular complexity index is 1120. The number of ether oxygens (including phenoxy) is 1. The maximum absolute atomic E-state index is 13.1. The molecule has 2 N–H and O–H groups in total. The zero-order valence-corrected chi connectivity index (χ0v) is 15.7. The lowest BCUT2D eigenvalue weighted by Gasteiger charge is -2.15. The molecule has 0 unspecified atom stereocenters. The van der Waals surface area contributed by atoms with Gasteiger partial charge in [0.05, 0.1) is 12.8 Å². The Labute approximate surface area is 166 Å². The van der Waals surface area contributed by atoms with Gasteiger partial charge in [-0.1, -0.05) is 18.2 Å². The van der Waals surface area contributed by atoms with E-state index in [1.165, 1.54) is 31.4 Å². The molecule has 0 saturated carbocycles. The van der Waals surface area contributed by atoms with Crippen LogP contribution in [0, 0.1) is 5.82 Å². The number of hydrogen-bond donors (Lipinski definition) is 2. The van der Waals surface area contributed by atoms with Crippen LogP contribution in [0.25, 0.3) is 11.1 Å². The minimum Gasteiger partial charge on any atom is -0.504 e. The van der Waals surface area contributed by atoms with Gasteiger partial charge < -0.3 is 15.2 Å². The molecule has 0 radical (unpaired) electrons. The van der Waals surface area contributed by atoms with Crippen LogP contribution >= 0.6 is 0 Å². The van der Waals surface area contributed by atoms with Gasteiger partial charge in [-0.15, -0.1) is 0 Å². The summed E-state index contributed by atoms with van der Waals surface area (Å²) in [5, 5.41) is 13.3. The molecule has 0 atom stereocenters. The molecule has 3 aromatic rings. The van der Waals surface area contributed by atoms with Crippen LogP contribution in [0.1, 0.15) is 32.7 Å². The van der Waals surface area contributed by atoms with Crippen molar-refractivity contribution in [3.05, 3.63) is 77.1 Å². The van der Waals surface area contributed by atoms with E-state index in [-0.39, 0.29) is 11.5 Å². The summed E-state index contributed by atoms with van der Waals surface area (Å²) in [7, 11) is 1.47. The van der Waals surface area contributed by atoms with Gasteiger partial charge in [0.25, 0.3) is 5.91 Å². The molecule has 5 nitrogen and oxygen atoms in total. The fourth-order valence-corrected chi connectivity index (χ4v) is 3.65. The van der Waals surface area contributed by atoms with Gasteiger partial charge in [-0.05, 0) is 53.9 Å². The average Bonchev–Trinajstić information content (AvgIpc) is 3.11. The van der Waals surface area contributed by atoms with E-state index in [4.69, 9.17) is 4.74 Å². The predicted octanol–water partition coefficient (Wildman–Crippen LogP) is 4.59. The zero-order chi connectivity index (χ0) is 20.5. The lowest BCUT2D eigenvalue weighted by atomic mass is 9.94. The first-order chi connectivity index (χ1) is 14.0. The number of anilines is 1. The second kappa shape index (κ2) is 7.39. The van der Waals surface area contributed by atoms with Crippen molar-refractivity contribution in [3.63, 3.8) is 0 Å². The van der Waals surface area contributed by atoms with Gasteiger partial charge in [0.1, 0.15) is 5.82 Å². The second-order valence-electron chi connectivity index (χ2n) is 6.75. The molecule has 3 aromatic carbocycles. The average molecular weight is 391 g/mol. The van der Waals surface area contributed by atoms with Gasteiger partial charge in [0, 0.05) is 23.1 Å². The van der Waals surface area contributed by atoms with Crippen molar-refractivity contribution in [3.8, 4) is 22.6 Å². The number of Topliss-reactive ketones (excluding diaryl/α,β-unsaturated/α-hetero) is 1. The molecule has 29 heavy (non-hydrogen) atoms. The van der Waals surface area contributed by atoms with Crippen molar-refractivity contribution >= 4 is 17.4 Å². The maximum atomic E-state index is 13.1. The van der Waals surface area contributed by atoms with Crippen LogP contribution in [-0.4, -0.2) is 23.9 Å². The summed E-state index contributed by atoms with van der Waals surface area (Å²) in [6, 6.07) is 13.8. The van der Waals surface area contributed by atoms with E-state index >= 15 is 0 Å². The van der Waals surface area contributed by atoms with Crippen LogP contribution in [0.2, 0.25) is 0 Å². The van der Waals surface area contributed by atoms with Gasteiger partial charge in [-0.3, -0.25) is 9.59 Å². The quantitative estimate of drug-likeness (QED) is 0.682. The summed E-state index contributed by atoms with van der Waals surface area (Å²) in [6.45, 7) is 0. The van der Waals surface area contributed by atoms with Crippen LogP contribution in [0.5, 0.6) is 11.5 Å². The van der Waals surface area contributed by atoms with E-state index < -0.39 is 11.7 Å². The van der Waals surface area contributed by atoms with Crippen molar-refractivity contribution < 1.29 is 23.8 Å². The van der Waals surface area contributed by atoms with Crippen LogP contribution in [-0.2, 0) is 6.42 Å². The number of rotatable bonds is 4. The standard InChI is InChI=1S/C23H18FNO4/c1-29-20-4-2-3-17(22(20)27)15-9-11-18(21-16(15)10-12-19(21)26)25-23(28)13-5-7-14(24)8-6-13/h2-9,11,27H,10,12H2,1H3,(H,25,28). The number of aromatic hydroxyl groups is 1. The lowest BCUT2D eigenvalue weighted by Crippen LogP contribution is -2.14. The van der Waals surface area contributed by atoms with Gasteiger partial charge >= 0.3 is 0 Å². The highest BCUT2D eigenvalue weighted by atomic mass is 19.1. The first-order valence-corrected chi connectivity index (χ1v) is 9.12. The van der Waals surface area contributed by atoms with E-state index in [1.807, 2.05) is 0 Å². The van der Waals surface area contributed by atoms with Crippen molar-refractivity contribution in [1.29, 1.82) is 0 Å². The highest BCUT2D eigenvalue weighted by molar-refractivity contribution is 6.12. The van der Waals surface area contributed by atoms with Crippen molar-refractivity contribution in [1.82, 2.24) is 0 Å². The number of amides is 1. The Kier molecular flexibility index (Phi) is 4.76. The minimum absolute atomic E-state index is 0.000327. The van der Waals surface area contributed by atoms with Gasteiger partial charge in [-0.25, -0.2) is 4.39 Å². The number of methoxy groups -OCH3 is 1. The highest BCUT2D eigenvalue weighted by Gasteiger charge is 2.28. The Morgan fingerprint density at radius 1 is 1.03 bits per heavy atom. The first-order valence-electron chi connectivity index (χ1n) is 9.12. The zero-order valence-electron chi connectivity index (χ0n) is 15.7. The number of phenols is 1. The molecule has 6 heteroatoms. The van der Waals surface area contributed by atoms with Crippen molar-refractivity contribution in [2.45, 2.75) is 12.8 Å². The lowest BCUT2D eigenvalue weighted by molar-refractivity contribution is 0.0995. The maximum Gasteiger partial charge on any atom is 0.255 e. The van der Waals surface area contributed by atoms with Gasteiger partial charge in [0.15, 0.2) is 17.3 Å². The van der Waals surface area contributed by atoms with Crippen molar-refractivity contribution in [2.75, 3.05) is 12.4 Å².